The van der Waals surface area contributed by atoms with E-state index in [-0.39, 0.29) is 6.61 Å². The normalized spacial score (nSPS) is 12.4. The van der Waals surface area contributed by atoms with Crippen LogP contribution in [0.4, 0.5) is 0 Å². The molecule has 0 aliphatic heterocycles. The van der Waals surface area contributed by atoms with E-state index in [1.165, 1.54) is 0 Å². The SMILES string of the molecule is OC(COCc1ccco1)Cn1nccc1-c1ccncc1. The van der Waals surface area contributed by atoms with Crippen LogP contribution in [0.3, 0.4) is 0 Å². The van der Waals surface area contributed by atoms with E-state index in [0.29, 0.717) is 13.2 Å². The number of hydrogen-bond donors (Lipinski definition) is 1. The van der Waals surface area contributed by atoms with Crippen molar-refractivity contribution in [3.05, 3.63) is 60.9 Å². The summed E-state index contributed by atoms with van der Waals surface area (Å²) in [6.07, 6.45) is 6.13. The fraction of sp³-hybridized carbons (Fsp3) is 0.250. The van der Waals surface area contributed by atoms with E-state index < -0.39 is 6.10 Å². The minimum Gasteiger partial charge on any atom is -0.467 e. The highest BCUT2D eigenvalue weighted by Crippen LogP contribution is 2.17. The second-order valence-electron chi connectivity index (χ2n) is 4.88. The molecule has 114 valence electrons. The van der Waals surface area contributed by atoms with Gasteiger partial charge in [-0.25, -0.2) is 0 Å². The summed E-state index contributed by atoms with van der Waals surface area (Å²) in [7, 11) is 0. The average molecular weight is 299 g/mol. The highest BCUT2D eigenvalue weighted by atomic mass is 16.5. The number of aliphatic hydroxyl groups is 1. The van der Waals surface area contributed by atoms with Crippen LogP contribution in [-0.4, -0.2) is 32.6 Å². The van der Waals surface area contributed by atoms with Gasteiger partial charge in [-0.1, -0.05) is 0 Å². The Balaban J connectivity index is 1.56. The van der Waals surface area contributed by atoms with Gasteiger partial charge in [0.1, 0.15) is 12.4 Å². The molecule has 0 aliphatic carbocycles. The van der Waals surface area contributed by atoms with Crippen molar-refractivity contribution in [1.29, 1.82) is 0 Å². The molecule has 0 aliphatic rings. The van der Waals surface area contributed by atoms with Gasteiger partial charge in [0.25, 0.3) is 0 Å². The van der Waals surface area contributed by atoms with Crippen LogP contribution in [0.1, 0.15) is 5.76 Å². The zero-order chi connectivity index (χ0) is 15.2. The number of aliphatic hydroxyl groups excluding tert-OH is 1. The van der Waals surface area contributed by atoms with Crippen molar-refractivity contribution in [3.8, 4) is 11.3 Å². The van der Waals surface area contributed by atoms with Crippen molar-refractivity contribution in [1.82, 2.24) is 14.8 Å². The Kier molecular flexibility index (Phi) is 4.62. The molecule has 22 heavy (non-hydrogen) atoms. The number of hydrogen-bond acceptors (Lipinski definition) is 5. The fourth-order valence-electron chi connectivity index (χ4n) is 2.19. The molecule has 0 amide bonds. The first-order valence-electron chi connectivity index (χ1n) is 7.03. The maximum atomic E-state index is 10.1. The molecule has 3 aromatic rings. The van der Waals surface area contributed by atoms with Gasteiger partial charge in [0.15, 0.2) is 0 Å². The van der Waals surface area contributed by atoms with Crippen LogP contribution in [0.15, 0.2) is 59.6 Å². The van der Waals surface area contributed by atoms with Gasteiger partial charge in [0.2, 0.25) is 0 Å². The van der Waals surface area contributed by atoms with E-state index in [9.17, 15) is 5.11 Å². The van der Waals surface area contributed by atoms with Crippen LogP contribution in [0, 0.1) is 0 Å². The predicted octanol–water partition coefficient (Wildman–Crippen LogP) is 2.12. The Bertz CT molecular complexity index is 680. The lowest BCUT2D eigenvalue weighted by Gasteiger charge is -2.13. The molecule has 1 N–H and O–H groups in total. The number of aromatic nitrogens is 3. The lowest BCUT2D eigenvalue weighted by molar-refractivity contribution is 0.0134. The molecule has 0 spiro atoms. The Labute approximate surface area is 128 Å². The second-order valence-corrected chi connectivity index (χ2v) is 4.88. The average Bonchev–Trinajstić information content (AvgIpc) is 3.20. The molecule has 3 rings (SSSR count). The Morgan fingerprint density at radius 3 is 2.82 bits per heavy atom. The zero-order valence-corrected chi connectivity index (χ0v) is 12.0. The largest absolute Gasteiger partial charge is 0.467 e. The number of ether oxygens (including phenoxy) is 1. The van der Waals surface area contributed by atoms with Crippen LogP contribution in [-0.2, 0) is 17.9 Å². The third kappa shape index (κ3) is 3.60. The predicted molar refractivity (Wildman–Crippen MR) is 79.8 cm³/mol. The zero-order valence-electron chi connectivity index (χ0n) is 12.0. The maximum absolute atomic E-state index is 10.1. The van der Waals surface area contributed by atoms with E-state index in [2.05, 4.69) is 10.1 Å². The molecule has 0 bridgehead atoms. The Morgan fingerprint density at radius 1 is 1.18 bits per heavy atom. The van der Waals surface area contributed by atoms with Gasteiger partial charge in [0.05, 0.1) is 31.2 Å². The lowest BCUT2D eigenvalue weighted by Crippen LogP contribution is -2.23. The molecular weight excluding hydrogens is 282 g/mol. The monoisotopic (exact) mass is 299 g/mol. The molecule has 1 atom stereocenters. The number of pyridine rings is 1. The van der Waals surface area contributed by atoms with Gasteiger partial charge in [-0.3, -0.25) is 9.67 Å². The first-order valence-corrected chi connectivity index (χ1v) is 7.03. The Hall–Kier alpha value is -2.44. The van der Waals surface area contributed by atoms with Gasteiger partial charge >= 0.3 is 0 Å². The maximum Gasteiger partial charge on any atom is 0.129 e. The van der Waals surface area contributed by atoms with E-state index >= 15 is 0 Å². The molecule has 6 nitrogen and oxygen atoms in total. The summed E-state index contributed by atoms with van der Waals surface area (Å²) >= 11 is 0. The van der Waals surface area contributed by atoms with E-state index in [4.69, 9.17) is 9.15 Å². The van der Waals surface area contributed by atoms with Gasteiger partial charge in [-0.2, -0.15) is 5.10 Å². The minimum absolute atomic E-state index is 0.219. The smallest absolute Gasteiger partial charge is 0.129 e. The number of furan rings is 1. The molecular formula is C16H17N3O3. The van der Waals surface area contributed by atoms with Gasteiger partial charge in [0, 0.05) is 24.2 Å². The third-order valence-electron chi connectivity index (χ3n) is 3.21. The van der Waals surface area contributed by atoms with Crippen molar-refractivity contribution < 1.29 is 14.3 Å². The van der Waals surface area contributed by atoms with Gasteiger partial charge in [-0.05, 0) is 30.3 Å². The molecule has 0 radical (unpaired) electrons. The van der Waals surface area contributed by atoms with E-state index in [1.807, 2.05) is 24.3 Å². The first-order chi connectivity index (χ1) is 10.8. The first kappa shape index (κ1) is 14.5. The van der Waals surface area contributed by atoms with Crippen LogP contribution >= 0.6 is 0 Å². The quantitative estimate of drug-likeness (QED) is 0.723. The highest BCUT2D eigenvalue weighted by Gasteiger charge is 2.11. The van der Waals surface area contributed by atoms with Gasteiger partial charge in [-0.15, -0.1) is 0 Å². The summed E-state index contributed by atoms with van der Waals surface area (Å²) in [5.41, 5.74) is 1.95. The second kappa shape index (κ2) is 7.02. The molecule has 0 saturated carbocycles. The molecule has 6 heteroatoms. The summed E-state index contributed by atoms with van der Waals surface area (Å²) < 4.78 is 12.4. The van der Waals surface area contributed by atoms with Crippen molar-refractivity contribution >= 4 is 0 Å². The minimum atomic E-state index is -0.643. The van der Waals surface area contributed by atoms with Crippen molar-refractivity contribution in [2.75, 3.05) is 6.61 Å². The Morgan fingerprint density at radius 2 is 2.05 bits per heavy atom. The van der Waals surface area contributed by atoms with Crippen LogP contribution in [0.25, 0.3) is 11.3 Å². The number of nitrogens with zero attached hydrogens (tertiary/aromatic N) is 3. The topological polar surface area (TPSA) is 73.3 Å². The molecule has 3 aromatic heterocycles. The fourth-order valence-corrected chi connectivity index (χ4v) is 2.19. The summed E-state index contributed by atoms with van der Waals surface area (Å²) in [6, 6.07) is 9.37. The van der Waals surface area contributed by atoms with Crippen LogP contribution in [0.5, 0.6) is 0 Å². The van der Waals surface area contributed by atoms with Crippen LogP contribution in [0.2, 0.25) is 0 Å². The molecule has 3 heterocycles. The molecule has 1 unspecified atom stereocenters. The van der Waals surface area contributed by atoms with E-state index in [1.54, 1.807) is 35.6 Å². The van der Waals surface area contributed by atoms with E-state index in [0.717, 1.165) is 17.0 Å². The summed E-state index contributed by atoms with van der Waals surface area (Å²) in [5, 5.41) is 14.3. The summed E-state index contributed by atoms with van der Waals surface area (Å²) in [6.45, 7) is 0.930. The summed E-state index contributed by atoms with van der Waals surface area (Å²) in [5.74, 6) is 0.740. The number of rotatable bonds is 7. The molecule has 0 fully saturated rings. The third-order valence-corrected chi connectivity index (χ3v) is 3.21. The standard InChI is InChI=1S/C16H17N3O3/c20-14(11-21-12-15-2-1-9-22-15)10-19-16(5-8-18-19)13-3-6-17-7-4-13/h1-9,14,20H,10-12H2. The lowest BCUT2D eigenvalue weighted by atomic mass is 10.2. The van der Waals surface area contributed by atoms with Crippen molar-refractivity contribution in [2.24, 2.45) is 0 Å². The summed E-state index contributed by atoms with van der Waals surface area (Å²) in [4.78, 5) is 4.00. The highest BCUT2D eigenvalue weighted by molar-refractivity contribution is 5.58. The molecule has 0 saturated heterocycles. The van der Waals surface area contributed by atoms with Gasteiger partial charge < -0.3 is 14.3 Å². The van der Waals surface area contributed by atoms with Crippen molar-refractivity contribution in [2.45, 2.75) is 19.3 Å². The molecule has 0 aromatic carbocycles. The van der Waals surface area contributed by atoms with Crippen molar-refractivity contribution in [3.63, 3.8) is 0 Å². The van der Waals surface area contributed by atoms with Crippen LogP contribution < -0.4 is 0 Å².